The Bertz CT molecular complexity index is 1200. The molecular weight excluding hydrogens is 480 g/mol. The van der Waals surface area contributed by atoms with E-state index < -0.39 is 23.3 Å². The van der Waals surface area contributed by atoms with E-state index in [9.17, 15) is 14.4 Å². The number of fused-ring (bicyclic) bond motifs is 2. The molecule has 164 valence electrons. The quantitative estimate of drug-likeness (QED) is 0.622. The Morgan fingerprint density at radius 1 is 1.12 bits per heavy atom. The third-order valence-corrected chi connectivity index (χ3v) is 5.89. The number of carbonyl (C=O) groups is 3. The van der Waals surface area contributed by atoms with Gasteiger partial charge in [0.15, 0.2) is 0 Å². The molecule has 2 heterocycles. The number of halogens is 1. The van der Waals surface area contributed by atoms with Crippen molar-refractivity contribution in [2.24, 2.45) is 5.73 Å². The Morgan fingerprint density at radius 2 is 1.84 bits per heavy atom. The summed E-state index contributed by atoms with van der Waals surface area (Å²) in [5.74, 6) is -2.62. The van der Waals surface area contributed by atoms with Crippen LogP contribution < -0.4 is 11.1 Å². The second-order valence-electron chi connectivity index (χ2n) is 7.22. The standard InChI is InChI=1S/C23H19BrN2O6/c1-12-17(21(28)31-11-13-6-4-3-5-7-13)23(18(19(25)32-12)20(27)30-2)15-10-14(24)8-9-16(15)26-22(23)29/h3-10H,11,25H2,1-2H3,(H,26,29)/t23-/m0/s1. The van der Waals surface area contributed by atoms with E-state index in [2.05, 4.69) is 21.2 Å². The van der Waals surface area contributed by atoms with Gasteiger partial charge in [-0.3, -0.25) is 4.79 Å². The van der Waals surface area contributed by atoms with Crippen LogP contribution in [-0.2, 0) is 40.6 Å². The lowest BCUT2D eigenvalue weighted by Gasteiger charge is -2.35. The molecule has 1 spiro atoms. The topological polar surface area (TPSA) is 117 Å². The van der Waals surface area contributed by atoms with Crippen LogP contribution in [0.2, 0.25) is 0 Å². The summed E-state index contributed by atoms with van der Waals surface area (Å²) < 4.78 is 16.6. The minimum absolute atomic E-state index is 0.0355. The molecule has 0 aromatic heterocycles. The van der Waals surface area contributed by atoms with E-state index in [4.69, 9.17) is 19.9 Å². The van der Waals surface area contributed by atoms with Gasteiger partial charge < -0.3 is 25.3 Å². The van der Waals surface area contributed by atoms with Gasteiger partial charge in [0.1, 0.15) is 28.9 Å². The van der Waals surface area contributed by atoms with Crippen molar-refractivity contribution in [3.05, 3.63) is 86.9 Å². The third kappa shape index (κ3) is 3.25. The van der Waals surface area contributed by atoms with Crippen LogP contribution >= 0.6 is 15.9 Å². The van der Waals surface area contributed by atoms with Crippen LogP contribution in [0.3, 0.4) is 0 Å². The van der Waals surface area contributed by atoms with Gasteiger partial charge in [-0.15, -0.1) is 0 Å². The number of allylic oxidation sites excluding steroid dienone is 1. The van der Waals surface area contributed by atoms with E-state index in [1.807, 2.05) is 18.2 Å². The number of amides is 1. The highest BCUT2D eigenvalue weighted by Gasteiger charge is 2.61. The number of ether oxygens (including phenoxy) is 3. The molecule has 0 aliphatic carbocycles. The molecule has 0 radical (unpaired) electrons. The molecule has 1 atom stereocenters. The molecule has 32 heavy (non-hydrogen) atoms. The fraction of sp³-hybridized carbons (Fsp3) is 0.174. The minimum atomic E-state index is -1.90. The molecule has 2 aromatic rings. The largest absolute Gasteiger partial charge is 0.465 e. The maximum atomic E-state index is 13.5. The Labute approximate surface area is 192 Å². The SMILES string of the molecule is COC(=O)C1=C(N)OC(C)=C(C(=O)OCc2ccccc2)[C@]12C(=O)Nc1ccc(Br)cc12. The second kappa shape index (κ2) is 8.16. The molecule has 0 bridgehead atoms. The first-order valence-corrected chi connectivity index (χ1v) is 10.4. The molecule has 2 aromatic carbocycles. The van der Waals surface area contributed by atoms with Gasteiger partial charge in [0, 0.05) is 15.7 Å². The number of benzene rings is 2. The zero-order valence-corrected chi connectivity index (χ0v) is 18.8. The smallest absolute Gasteiger partial charge is 0.340 e. The molecule has 0 unspecified atom stereocenters. The Kier molecular flexibility index (Phi) is 5.52. The molecule has 4 rings (SSSR count). The van der Waals surface area contributed by atoms with Crippen molar-refractivity contribution in [1.82, 2.24) is 0 Å². The van der Waals surface area contributed by atoms with Crippen molar-refractivity contribution < 1.29 is 28.6 Å². The predicted molar refractivity (Wildman–Crippen MR) is 118 cm³/mol. The highest BCUT2D eigenvalue weighted by molar-refractivity contribution is 9.10. The number of rotatable bonds is 4. The lowest BCUT2D eigenvalue weighted by atomic mass is 9.67. The molecule has 3 N–H and O–H groups in total. The average Bonchev–Trinajstić information content (AvgIpc) is 3.04. The highest BCUT2D eigenvalue weighted by atomic mass is 79.9. The molecule has 1 amide bonds. The van der Waals surface area contributed by atoms with Crippen LogP contribution in [-0.4, -0.2) is 25.0 Å². The zero-order valence-electron chi connectivity index (χ0n) is 17.2. The lowest BCUT2D eigenvalue weighted by Crippen LogP contribution is -2.48. The number of hydrogen-bond donors (Lipinski definition) is 2. The number of nitrogens with two attached hydrogens (primary N) is 1. The van der Waals surface area contributed by atoms with E-state index in [1.165, 1.54) is 6.92 Å². The summed E-state index contributed by atoms with van der Waals surface area (Å²) in [5.41, 5.74) is 5.28. The lowest BCUT2D eigenvalue weighted by molar-refractivity contribution is -0.143. The molecule has 2 aliphatic rings. The van der Waals surface area contributed by atoms with Crippen molar-refractivity contribution in [1.29, 1.82) is 0 Å². The fourth-order valence-corrected chi connectivity index (χ4v) is 4.42. The summed E-state index contributed by atoms with van der Waals surface area (Å²) in [6.07, 6.45) is 0. The molecular formula is C23H19BrN2O6. The number of nitrogens with one attached hydrogen (secondary N) is 1. The van der Waals surface area contributed by atoms with Crippen molar-refractivity contribution in [2.45, 2.75) is 18.9 Å². The van der Waals surface area contributed by atoms with Crippen LogP contribution in [0.25, 0.3) is 0 Å². The maximum Gasteiger partial charge on any atom is 0.340 e. The average molecular weight is 499 g/mol. The summed E-state index contributed by atoms with van der Waals surface area (Å²) in [7, 11) is 1.16. The first-order valence-electron chi connectivity index (χ1n) is 9.61. The van der Waals surface area contributed by atoms with Crippen molar-refractivity contribution in [3.8, 4) is 0 Å². The zero-order chi connectivity index (χ0) is 23.0. The van der Waals surface area contributed by atoms with Gasteiger partial charge in [-0.2, -0.15) is 0 Å². The highest BCUT2D eigenvalue weighted by Crippen LogP contribution is 2.53. The van der Waals surface area contributed by atoms with Crippen LogP contribution in [0, 0.1) is 0 Å². The van der Waals surface area contributed by atoms with E-state index in [0.29, 0.717) is 15.7 Å². The van der Waals surface area contributed by atoms with Gasteiger partial charge in [0.05, 0.1) is 7.11 Å². The van der Waals surface area contributed by atoms with Crippen LogP contribution in [0.15, 0.2) is 75.8 Å². The van der Waals surface area contributed by atoms with E-state index in [1.54, 1.807) is 30.3 Å². The second-order valence-corrected chi connectivity index (χ2v) is 8.14. The monoisotopic (exact) mass is 498 g/mol. The van der Waals surface area contributed by atoms with E-state index >= 15 is 0 Å². The molecule has 0 saturated carbocycles. The van der Waals surface area contributed by atoms with Gasteiger partial charge in [-0.25, -0.2) is 9.59 Å². The molecule has 8 nitrogen and oxygen atoms in total. The van der Waals surface area contributed by atoms with Gasteiger partial charge in [0.25, 0.3) is 0 Å². The van der Waals surface area contributed by atoms with Crippen LogP contribution in [0.1, 0.15) is 18.1 Å². The summed E-state index contributed by atoms with van der Waals surface area (Å²) in [4.78, 5) is 39.7. The molecule has 0 saturated heterocycles. The maximum absolute atomic E-state index is 13.5. The number of carbonyl (C=O) groups excluding carboxylic acids is 3. The number of methoxy groups -OCH3 is 1. The number of anilines is 1. The summed E-state index contributed by atoms with van der Waals surface area (Å²) in [5, 5.41) is 2.74. The Hall–Kier alpha value is -3.59. The fourth-order valence-electron chi connectivity index (χ4n) is 4.06. The number of hydrogen-bond acceptors (Lipinski definition) is 7. The summed E-state index contributed by atoms with van der Waals surface area (Å²) >= 11 is 3.39. The van der Waals surface area contributed by atoms with Crippen molar-refractivity contribution in [2.75, 3.05) is 12.4 Å². The third-order valence-electron chi connectivity index (χ3n) is 5.39. The van der Waals surface area contributed by atoms with Gasteiger partial charge in [-0.1, -0.05) is 46.3 Å². The van der Waals surface area contributed by atoms with Crippen molar-refractivity contribution in [3.63, 3.8) is 0 Å². The molecule has 2 aliphatic heterocycles. The number of esters is 2. The van der Waals surface area contributed by atoms with Gasteiger partial charge >= 0.3 is 11.9 Å². The Balaban J connectivity index is 1.90. The van der Waals surface area contributed by atoms with E-state index in [-0.39, 0.29) is 29.4 Å². The molecule has 0 fully saturated rings. The first kappa shape index (κ1) is 21.6. The van der Waals surface area contributed by atoms with Crippen molar-refractivity contribution >= 4 is 39.5 Å². The Morgan fingerprint density at radius 3 is 2.53 bits per heavy atom. The normalized spacial score (nSPS) is 19.4. The van der Waals surface area contributed by atoms with Crippen LogP contribution in [0.4, 0.5) is 5.69 Å². The summed E-state index contributed by atoms with van der Waals surface area (Å²) in [6, 6.07) is 14.1. The summed E-state index contributed by atoms with van der Waals surface area (Å²) in [6.45, 7) is 1.46. The molecule has 9 heteroatoms. The van der Waals surface area contributed by atoms with Gasteiger partial charge in [0.2, 0.25) is 11.8 Å². The minimum Gasteiger partial charge on any atom is -0.465 e. The van der Waals surface area contributed by atoms with Crippen LogP contribution in [0.5, 0.6) is 0 Å². The first-order chi connectivity index (χ1) is 15.3. The van der Waals surface area contributed by atoms with E-state index in [0.717, 1.165) is 12.7 Å². The predicted octanol–water partition coefficient (Wildman–Crippen LogP) is 3.03. The van der Waals surface area contributed by atoms with Gasteiger partial charge in [-0.05, 0) is 30.7 Å².